The molecular weight excluding hydrogens is 256 g/mol. The lowest BCUT2D eigenvalue weighted by Gasteiger charge is -1.97. The van der Waals surface area contributed by atoms with Gasteiger partial charge in [0.15, 0.2) is 0 Å². The Morgan fingerprint density at radius 1 is 0.778 bits per heavy atom. The summed E-state index contributed by atoms with van der Waals surface area (Å²) >= 11 is 3.61. The quantitative estimate of drug-likeness (QED) is 0.421. The predicted molar refractivity (Wildman–Crippen MR) is 81.5 cm³/mol. The maximum absolute atomic E-state index is 3.37. The molecule has 0 N–H and O–H groups in total. The zero-order valence-electron chi connectivity index (χ0n) is 9.51. The van der Waals surface area contributed by atoms with Crippen LogP contribution in [-0.4, -0.2) is 0 Å². The van der Waals surface area contributed by atoms with E-state index in [4.69, 9.17) is 0 Å². The van der Waals surface area contributed by atoms with E-state index in [-0.39, 0.29) is 0 Å². The second-order valence-electron chi connectivity index (χ2n) is 4.20. The highest BCUT2D eigenvalue weighted by Crippen LogP contribution is 2.39. The first-order valence-corrected chi connectivity index (χ1v) is 7.54. The van der Waals surface area contributed by atoms with Gasteiger partial charge in [-0.1, -0.05) is 30.3 Å². The number of benzene rings is 2. The molecule has 0 atom stereocenters. The van der Waals surface area contributed by atoms with Gasteiger partial charge in [-0.2, -0.15) is 0 Å². The van der Waals surface area contributed by atoms with Gasteiger partial charge in [0.05, 0.1) is 0 Å². The van der Waals surface area contributed by atoms with E-state index in [0.717, 1.165) is 0 Å². The van der Waals surface area contributed by atoms with Gasteiger partial charge < -0.3 is 0 Å². The Balaban J connectivity index is 2.08. The molecule has 0 spiro atoms. The third kappa shape index (κ3) is 1.43. The fraction of sp³-hybridized carbons (Fsp3) is 0. The molecule has 2 aromatic carbocycles. The summed E-state index contributed by atoms with van der Waals surface area (Å²) in [7, 11) is 0. The average Bonchev–Trinajstić information content (AvgIpc) is 3.01. The summed E-state index contributed by atoms with van der Waals surface area (Å²) in [4.78, 5) is 0. The van der Waals surface area contributed by atoms with Crippen LogP contribution < -0.4 is 0 Å². The van der Waals surface area contributed by atoms with Crippen LogP contribution in [0.3, 0.4) is 0 Å². The smallest absolute Gasteiger partial charge is 0.0355 e. The summed E-state index contributed by atoms with van der Waals surface area (Å²) in [5.41, 5.74) is 2.65. The molecule has 4 rings (SSSR count). The van der Waals surface area contributed by atoms with Crippen molar-refractivity contribution in [2.45, 2.75) is 0 Å². The molecule has 0 saturated heterocycles. The van der Waals surface area contributed by atoms with Gasteiger partial charge in [-0.3, -0.25) is 0 Å². The molecule has 4 aromatic rings. The first-order chi connectivity index (χ1) is 8.93. The van der Waals surface area contributed by atoms with E-state index in [1.165, 1.54) is 31.3 Å². The minimum Gasteiger partial charge on any atom is -0.143 e. The van der Waals surface area contributed by atoms with Crippen LogP contribution in [0.4, 0.5) is 0 Å². The van der Waals surface area contributed by atoms with Crippen LogP contribution in [-0.2, 0) is 0 Å². The van der Waals surface area contributed by atoms with E-state index in [1.807, 2.05) is 23.5 Å². The van der Waals surface area contributed by atoms with E-state index in [0.29, 0.717) is 0 Å². The number of hydrogen-bond acceptors (Lipinski definition) is 2. The molecule has 2 heterocycles. The number of hydrogen-bond donors (Lipinski definition) is 0. The monoisotopic (exact) mass is 265 g/mol. The van der Waals surface area contributed by atoms with Crippen LogP contribution >= 0.6 is 22.7 Å². The van der Waals surface area contributed by atoms with Crippen LogP contribution in [0.5, 0.6) is 0 Å². The van der Waals surface area contributed by atoms with E-state index >= 15 is 0 Å². The van der Waals surface area contributed by atoms with Gasteiger partial charge in [-0.05, 0) is 29.0 Å². The molecule has 85 valence electrons. The lowest BCUT2D eigenvalue weighted by Crippen LogP contribution is -1.72. The fourth-order valence-electron chi connectivity index (χ4n) is 2.30. The Morgan fingerprint density at radius 3 is 2.56 bits per heavy atom. The summed E-state index contributed by atoms with van der Waals surface area (Å²) < 4.78 is 2.66. The third-order valence-corrected chi connectivity index (χ3v) is 5.07. The van der Waals surface area contributed by atoms with Gasteiger partial charge in [0.1, 0.15) is 0 Å². The van der Waals surface area contributed by atoms with E-state index in [2.05, 4.69) is 47.2 Å². The highest BCUT2D eigenvalue weighted by atomic mass is 32.1. The van der Waals surface area contributed by atoms with Crippen molar-refractivity contribution >= 4 is 42.8 Å². The largest absolute Gasteiger partial charge is 0.143 e. The maximum Gasteiger partial charge on any atom is 0.0355 e. The number of thiophene rings is 2. The standard InChI is InChI=1S/C16H9S2/c1-3-7-15-11(5-1)13(9-17-15)14-10-18-16-8-4-2-6-12(14)16/h1-5,7-10H. The van der Waals surface area contributed by atoms with Crippen molar-refractivity contribution in [1.82, 2.24) is 0 Å². The van der Waals surface area contributed by atoms with Crippen LogP contribution in [0.2, 0.25) is 0 Å². The van der Waals surface area contributed by atoms with E-state index < -0.39 is 0 Å². The lowest BCUT2D eigenvalue weighted by atomic mass is 10.0. The zero-order valence-corrected chi connectivity index (χ0v) is 11.1. The molecule has 0 fully saturated rings. The summed E-state index contributed by atoms with van der Waals surface area (Å²) in [5, 5.41) is 7.09. The normalized spacial score (nSPS) is 11.3. The van der Waals surface area contributed by atoms with Crippen LogP contribution in [0.1, 0.15) is 0 Å². The molecule has 0 aliphatic carbocycles. The second-order valence-corrected chi connectivity index (χ2v) is 6.03. The first kappa shape index (κ1) is 10.3. The van der Waals surface area contributed by atoms with Gasteiger partial charge in [0.25, 0.3) is 0 Å². The molecule has 0 aliphatic heterocycles. The highest BCUT2D eigenvalue weighted by molar-refractivity contribution is 7.18. The Morgan fingerprint density at radius 2 is 1.56 bits per heavy atom. The fourth-order valence-corrected chi connectivity index (χ4v) is 4.19. The van der Waals surface area contributed by atoms with Crippen LogP contribution in [0.25, 0.3) is 31.3 Å². The van der Waals surface area contributed by atoms with Crippen molar-refractivity contribution in [1.29, 1.82) is 0 Å². The summed E-state index contributed by atoms with van der Waals surface area (Å²) in [6.45, 7) is 0. The van der Waals surface area contributed by atoms with Crippen molar-refractivity contribution in [3.8, 4) is 11.1 Å². The predicted octanol–water partition coefficient (Wildman–Crippen LogP) is 5.58. The summed E-state index contributed by atoms with van der Waals surface area (Å²) in [6.07, 6.45) is 0. The molecular formula is C16H9S2. The molecule has 2 heteroatoms. The van der Waals surface area contributed by atoms with E-state index in [9.17, 15) is 0 Å². The Kier molecular flexibility index (Phi) is 2.25. The van der Waals surface area contributed by atoms with Gasteiger partial charge >= 0.3 is 0 Å². The van der Waals surface area contributed by atoms with Crippen LogP contribution in [0, 0.1) is 6.07 Å². The summed E-state index contributed by atoms with van der Waals surface area (Å²) in [5.74, 6) is 0. The zero-order chi connectivity index (χ0) is 11.9. The Hall–Kier alpha value is -1.64. The minimum absolute atomic E-state index is 1.24. The first-order valence-electron chi connectivity index (χ1n) is 5.78. The van der Waals surface area contributed by atoms with Crippen molar-refractivity contribution in [3.63, 3.8) is 0 Å². The molecule has 1 radical (unpaired) electrons. The molecule has 0 aliphatic rings. The van der Waals surface area contributed by atoms with Crippen LogP contribution in [0.15, 0.2) is 53.2 Å². The second kappa shape index (κ2) is 3.94. The highest BCUT2D eigenvalue weighted by Gasteiger charge is 2.10. The number of rotatable bonds is 1. The molecule has 0 amide bonds. The van der Waals surface area contributed by atoms with Crippen molar-refractivity contribution in [3.05, 3.63) is 59.3 Å². The lowest BCUT2D eigenvalue weighted by molar-refractivity contribution is 1.80. The SMILES string of the molecule is [c]1cccc2scc(-c3csc4ccccc34)c12. The van der Waals surface area contributed by atoms with Crippen molar-refractivity contribution in [2.75, 3.05) is 0 Å². The number of fused-ring (bicyclic) bond motifs is 2. The van der Waals surface area contributed by atoms with Crippen molar-refractivity contribution < 1.29 is 0 Å². The van der Waals surface area contributed by atoms with Gasteiger partial charge in [0, 0.05) is 31.3 Å². The molecule has 0 nitrogen and oxygen atoms in total. The topological polar surface area (TPSA) is 0 Å². The van der Waals surface area contributed by atoms with Gasteiger partial charge in [0.2, 0.25) is 0 Å². The molecule has 0 unspecified atom stereocenters. The third-order valence-electron chi connectivity index (χ3n) is 3.16. The van der Waals surface area contributed by atoms with Crippen molar-refractivity contribution in [2.24, 2.45) is 0 Å². The molecule has 18 heavy (non-hydrogen) atoms. The Labute approximate surface area is 113 Å². The maximum atomic E-state index is 3.37. The van der Waals surface area contributed by atoms with Gasteiger partial charge in [-0.25, -0.2) is 0 Å². The van der Waals surface area contributed by atoms with Gasteiger partial charge in [-0.15, -0.1) is 22.7 Å². The molecule has 2 aromatic heterocycles. The molecule has 0 saturated carbocycles. The van der Waals surface area contributed by atoms with E-state index in [1.54, 1.807) is 11.3 Å². The minimum atomic E-state index is 1.24. The summed E-state index contributed by atoms with van der Waals surface area (Å²) in [6, 6.07) is 18.2. The average molecular weight is 265 g/mol. The Bertz CT molecular complexity index is 764. The molecule has 0 bridgehead atoms.